The van der Waals surface area contributed by atoms with Crippen LogP contribution >= 0.6 is 11.3 Å². The van der Waals surface area contributed by atoms with E-state index in [1.54, 1.807) is 17.0 Å². The minimum Gasteiger partial charge on any atom is -0.294 e. The predicted molar refractivity (Wildman–Crippen MR) is 109 cm³/mol. The Morgan fingerprint density at radius 1 is 1.15 bits per heavy atom. The molecule has 132 valence electrons. The van der Waals surface area contributed by atoms with Gasteiger partial charge in [0, 0.05) is 10.9 Å². The fraction of sp³-hybridized carbons (Fsp3) is 0.136. The fourth-order valence-corrected chi connectivity index (χ4v) is 4.07. The van der Waals surface area contributed by atoms with Crippen molar-refractivity contribution >= 4 is 21.6 Å². The molecule has 0 saturated heterocycles. The van der Waals surface area contributed by atoms with E-state index in [1.165, 1.54) is 16.9 Å². The normalized spacial score (nSPS) is 10.8. The monoisotopic (exact) mass is 371 g/mol. The maximum absolute atomic E-state index is 13.2. The average Bonchev–Trinajstić information content (AvgIpc) is 3.15. The summed E-state index contributed by atoms with van der Waals surface area (Å²) in [4.78, 5) is 18.4. The van der Waals surface area contributed by atoms with Crippen LogP contribution in [0.3, 0.4) is 0 Å². The minimum absolute atomic E-state index is 0.0800. The van der Waals surface area contributed by atoms with Crippen LogP contribution in [0.5, 0.6) is 0 Å². The van der Waals surface area contributed by atoms with E-state index in [0.29, 0.717) is 17.5 Å². The zero-order valence-corrected chi connectivity index (χ0v) is 15.7. The summed E-state index contributed by atoms with van der Waals surface area (Å²) in [5.41, 5.74) is 4.51. The molecule has 0 atom stereocenters. The molecule has 0 fully saturated rings. The summed E-state index contributed by atoms with van der Waals surface area (Å²) in [7, 11) is 0. The molecule has 0 amide bonds. The van der Waals surface area contributed by atoms with Crippen molar-refractivity contribution in [3.05, 3.63) is 87.3 Å². The van der Waals surface area contributed by atoms with Crippen molar-refractivity contribution in [3.63, 3.8) is 0 Å². The quantitative estimate of drug-likeness (QED) is 0.526. The van der Waals surface area contributed by atoms with Gasteiger partial charge in [0.15, 0.2) is 0 Å². The van der Waals surface area contributed by atoms with Crippen molar-refractivity contribution in [2.24, 2.45) is 0 Å². The standard InChI is InChI=1S/C22H17N3OS/c1-2-15-7-9-16(10-8-15)19-13-27-21-20(19)22(26)25(14-24-21)12-18-6-4-3-5-17(18)11-23/h3-10,13-14H,2,12H2,1H3. The Labute approximate surface area is 161 Å². The number of aromatic nitrogens is 2. The Morgan fingerprint density at radius 2 is 1.93 bits per heavy atom. The predicted octanol–water partition coefficient (Wildman–Crippen LogP) is 4.61. The van der Waals surface area contributed by atoms with Crippen LogP contribution in [0.15, 0.2) is 65.0 Å². The number of rotatable bonds is 4. The molecule has 0 spiro atoms. The van der Waals surface area contributed by atoms with Crippen LogP contribution in [0.2, 0.25) is 0 Å². The second-order valence-electron chi connectivity index (χ2n) is 6.33. The minimum atomic E-state index is -0.0800. The lowest BCUT2D eigenvalue weighted by molar-refractivity contribution is 0.748. The van der Waals surface area contributed by atoms with Crippen LogP contribution in [0.25, 0.3) is 21.3 Å². The van der Waals surface area contributed by atoms with E-state index in [2.05, 4.69) is 42.2 Å². The van der Waals surface area contributed by atoms with Crippen LogP contribution in [0.4, 0.5) is 0 Å². The maximum atomic E-state index is 13.2. The van der Waals surface area contributed by atoms with Crippen molar-refractivity contribution in [1.29, 1.82) is 5.26 Å². The maximum Gasteiger partial charge on any atom is 0.263 e. The van der Waals surface area contributed by atoms with E-state index in [1.807, 2.05) is 23.6 Å². The summed E-state index contributed by atoms with van der Waals surface area (Å²) in [6, 6.07) is 17.8. The molecular formula is C22H17N3OS. The van der Waals surface area contributed by atoms with Gasteiger partial charge in [-0.2, -0.15) is 5.26 Å². The number of thiophene rings is 1. The van der Waals surface area contributed by atoms with Crippen molar-refractivity contribution in [3.8, 4) is 17.2 Å². The van der Waals surface area contributed by atoms with E-state index < -0.39 is 0 Å². The van der Waals surface area contributed by atoms with E-state index in [9.17, 15) is 10.1 Å². The van der Waals surface area contributed by atoms with E-state index in [4.69, 9.17) is 0 Å². The van der Waals surface area contributed by atoms with Gasteiger partial charge in [0.25, 0.3) is 5.56 Å². The van der Waals surface area contributed by atoms with Gasteiger partial charge in [-0.25, -0.2) is 4.98 Å². The third-order valence-corrected chi connectivity index (χ3v) is 5.60. The number of aryl methyl sites for hydroxylation is 1. The van der Waals surface area contributed by atoms with E-state index in [-0.39, 0.29) is 5.56 Å². The number of hydrogen-bond donors (Lipinski definition) is 0. The fourth-order valence-electron chi connectivity index (χ4n) is 3.16. The Balaban J connectivity index is 1.82. The number of fused-ring (bicyclic) bond motifs is 1. The molecule has 0 aliphatic carbocycles. The first-order chi connectivity index (χ1) is 13.2. The zero-order chi connectivity index (χ0) is 18.8. The van der Waals surface area contributed by atoms with Crippen LogP contribution in [0, 0.1) is 11.3 Å². The molecule has 27 heavy (non-hydrogen) atoms. The second kappa shape index (κ2) is 7.18. The Morgan fingerprint density at radius 3 is 2.67 bits per heavy atom. The Hall–Kier alpha value is -3.23. The van der Waals surface area contributed by atoms with Crippen molar-refractivity contribution in [2.75, 3.05) is 0 Å². The van der Waals surface area contributed by atoms with E-state index >= 15 is 0 Å². The first-order valence-corrected chi connectivity index (χ1v) is 9.63. The third kappa shape index (κ3) is 3.16. The lowest BCUT2D eigenvalue weighted by Crippen LogP contribution is -2.21. The zero-order valence-electron chi connectivity index (χ0n) is 14.8. The summed E-state index contributed by atoms with van der Waals surface area (Å²) in [6.07, 6.45) is 2.55. The third-order valence-electron chi connectivity index (χ3n) is 4.71. The highest BCUT2D eigenvalue weighted by Gasteiger charge is 2.14. The average molecular weight is 371 g/mol. The van der Waals surface area contributed by atoms with Gasteiger partial charge < -0.3 is 0 Å². The first-order valence-electron chi connectivity index (χ1n) is 8.75. The molecule has 0 bridgehead atoms. The summed E-state index contributed by atoms with van der Waals surface area (Å²) in [5.74, 6) is 0. The molecule has 0 aliphatic rings. The highest BCUT2D eigenvalue weighted by atomic mass is 32.1. The van der Waals surface area contributed by atoms with Crippen molar-refractivity contribution in [1.82, 2.24) is 9.55 Å². The van der Waals surface area contributed by atoms with Gasteiger partial charge in [-0.3, -0.25) is 9.36 Å². The topological polar surface area (TPSA) is 58.7 Å². The summed E-state index contributed by atoms with van der Waals surface area (Å²) >= 11 is 1.48. The molecule has 0 aliphatic heterocycles. The summed E-state index contributed by atoms with van der Waals surface area (Å²) in [5, 5.41) is 11.9. The molecule has 0 saturated carbocycles. The van der Waals surface area contributed by atoms with Crippen LogP contribution in [0.1, 0.15) is 23.6 Å². The van der Waals surface area contributed by atoms with Crippen LogP contribution in [-0.4, -0.2) is 9.55 Å². The molecule has 2 aromatic heterocycles. The largest absolute Gasteiger partial charge is 0.294 e. The second-order valence-corrected chi connectivity index (χ2v) is 7.18. The molecule has 5 heteroatoms. The SMILES string of the molecule is CCc1ccc(-c2csc3ncn(Cc4ccccc4C#N)c(=O)c23)cc1. The molecule has 2 heterocycles. The van der Waals surface area contributed by atoms with Gasteiger partial charge in [-0.15, -0.1) is 11.3 Å². The molecular weight excluding hydrogens is 354 g/mol. The highest BCUT2D eigenvalue weighted by molar-refractivity contribution is 7.17. The Kier molecular flexibility index (Phi) is 4.57. The molecule has 0 N–H and O–H groups in total. The van der Waals surface area contributed by atoms with Gasteiger partial charge in [0.2, 0.25) is 0 Å². The number of benzene rings is 2. The smallest absolute Gasteiger partial charge is 0.263 e. The molecule has 0 radical (unpaired) electrons. The molecule has 4 rings (SSSR count). The number of hydrogen-bond acceptors (Lipinski definition) is 4. The number of nitriles is 1. The van der Waals surface area contributed by atoms with Gasteiger partial charge in [0.05, 0.1) is 29.9 Å². The lowest BCUT2D eigenvalue weighted by Gasteiger charge is -2.08. The van der Waals surface area contributed by atoms with Gasteiger partial charge >= 0.3 is 0 Å². The van der Waals surface area contributed by atoms with Crippen LogP contribution < -0.4 is 5.56 Å². The molecule has 0 unspecified atom stereocenters. The van der Waals surface area contributed by atoms with Crippen LogP contribution in [-0.2, 0) is 13.0 Å². The Bertz CT molecular complexity index is 1210. The van der Waals surface area contributed by atoms with Gasteiger partial charge in [-0.1, -0.05) is 49.4 Å². The molecule has 4 aromatic rings. The summed E-state index contributed by atoms with van der Waals surface area (Å²) in [6.45, 7) is 2.45. The number of nitrogens with zero attached hydrogens (tertiary/aromatic N) is 3. The lowest BCUT2D eigenvalue weighted by atomic mass is 10.0. The van der Waals surface area contributed by atoms with E-state index in [0.717, 1.165) is 27.9 Å². The molecule has 2 aromatic carbocycles. The highest BCUT2D eigenvalue weighted by Crippen LogP contribution is 2.30. The van der Waals surface area contributed by atoms with Gasteiger partial charge in [-0.05, 0) is 29.2 Å². The van der Waals surface area contributed by atoms with Crippen molar-refractivity contribution < 1.29 is 0 Å². The van der Waals surface area contributed by atoms with Crippen molar-refractivity contribution in [2.45, 2.75) is 19.9 Å². The van der Waals surface area contributed by atoms with Gasteiger partial charge in [0.1, 0.15) is 4.83 Å². The first kappa shape index (κ1) is 17.2. The summed E-state index contributed by atoms with van der Waals surface area (Å²) < 4.78 is 1.58. The molecule has 4 nitrogen and oxygen atoms in total.